The molecule has 21 heavy (non-hydrogen) atoms. The van der Waals surface area contributed by atoms with E-state index in [1.807, 2.05) is 0 Å². The molecule has 0 fully saturated rings. The van der Waals surface area contributed by atoms with Gasteiger partial charge < -0.3 is 10.5 Å². The lowest BCUT2D eigenvalue weighted by atomic mass is 10.0. The molecule has 0 aliphatic rings. The quantitative estimate of drug-likeness (QED) is 0.849. The number of hydrogen-bond donors (Lipinski definition) is 1. The van der Waals surface area contributed by atoms with E-state index in [0.717, 1.165) is 0 Å². The van der Waals surface area contributed by atoms with Crippen LogP contribution in [0, 0.1) is 0 Å². The molecule has 1 aromatic carbocycles. The summed E-state index contributed by atoms with van der Waals surface area (Å²) in [6.07, 6.45) is 0. The van der Waals surface area contributed by atoms with Crippen molar-refractivity contribution < 1.29 is 4.74 Å². The molecule has 0 amide bonds. The van der Waals surface area contributed by atoms with Gasteiger partial charge in [-0.25, -0.2) is 0 Å². The third-order valence-electron chi connectivity index (χ3n) is 3.93. The summed E-state index contributed by atoms with van der Waals surface area (Å²) in [5.41, 5.74) is 8.49. The average molecular weight is 304 g/mol. The van der Waals surface area contributed by atoms with E-state index in [9.17, 15) is 0 Å². The zero-order valence-corrected chi connectivity index (χ0v) is 13.8. The Morgan fingerprint density at radius 2 is 2.10 bits per heavy atom. The van der Waals surface area contributed by atoms with E-state index in [4.69, 9.17) is 10.5 Å². The first-order chi connectivity index (χ1) is 10.2. The summed E-state index contributed by atoms with van der Waals surface area (Å²) < 4.78 is 5.22. The van der Waals surface area contributed by atoms with E-state index in [1.54, 1.807) is 18.4 Å². The summed E-state index contributed by atoms with van der Waals surface area (Å²) in [5, 5.41) is 2.12. The Bertz CT molecular complexity index is 541. The van der Waals surface area contributed by atoms with Gasteiger partial charge in [-0.1, -0.05) is 30.3 Å². The van der Waals surface area contributed by atoms with Crippen LogP contribution in [0.15, 0.2) is 41.8 Å². The van der Waals surface area contributed by atoms with Crippen LogP contribution in [0.5, 0.6) is 0 Å². The predicted octanol–water partition coefficient (Wildman–Crippen LogP) is 3.59. The fourth-order valence-electron chi connectivity index (χ4n) is 2.59. The maximum absolute atomic E-state index is 6.05. The summed E-state index contributed by atoms with van der Waals surface area (Å²) in [7, 11) is 3.86. The van der Waals surface area contributed by atoms with Gasteiger partial charge >= 0.3 is 0 Å². The van der Waals surface area contributed by atoms with E-state index in [0.29, 0.717) is 19.2 Å². The largest absolute Gasteiger partial charge is 0.380 e. The third-order valence-corrected chi connectivity index (χ3v) is 4.97. The number of rotatable bonds is 7. The zero-order valence-electron chi connectivity index (χ0n) is 13.0. The van der Waals surface area contributed by atoms with Crippen molar-refractivity contribution in [3.05, 3.63) is 57.8 Å². The molecule has 1 aromatic heterocycles. The molecule has 0 aliphatic carbocycles. The van der Waals surface area contributed by atoms with Gasteiger partial charge in [0.15, 0.2) is 0 Å². The van der Waals surface area contributed by atoms with Crippen LogP contribution in [0.3, 0.4) is 0 Å². The van der Waals surface area contributed by atoms with E-state index in [2.05, 4.69) is 60.6 Å². The van der Waals surface area contributed by atoms with Crippen LogP contribution in [0.1, 0.15) is 35.0 Å². The van der Waals surface area contributed by atoms with Crippen LogP contribution >= 0.6 is 11.3 Å². The number of benzene rings is 1. The molecule has 0 spiro atoms. The van der Waals surface area contributed by atoms with Crippen LogP contribution in [0.25, 0.3) is 0 Å². The number of nitrogens with two attached hydrogens (primary N) is 1. The number of hydrogen-bond acceptors (Lipinski definition) is 4. The Morgan fingerprint density at radius 1 is 1.29 bits per heavy atom. The second-order valence-corrected chi connectivity index (χ2v) is 6.27. The SMILES string of the molecule is COCc1cccc(C(CN)N(C)C(C)c2cccs2)c1. The van der Waals surface area contributed by atoms with Crippen LogP contribution < -0.4 is 5.73 Å². The van der Waals surface area contributed by atoms with E-state index >= 15 is 0 Å². The minimum Gasteiger partial charge on any atom is -0.380 e. The van der Waals surface area contributed by atoms with Gasteiger partial charge in [-0.15, -0.1) is 11.3 Å². The highest BCUT2D eigenvalue weighted by Gasteiger charge is 2.22. The van der Waals surface area contributed by atoms with Crippen molar-refractivity contribution in [2.75, 3.05) is 20.7 Å². The van der Waals surface area contributed by atoms with E-state index < -0.39 is 0 Å². The van der Waals surface area contributed by atoms with Crippen molar-refractivity contribution >= 4 is 11.3 Å². The Hall–Kier alpha value is -1.20. The maximum atomic E-state index is 6.05. The normalized spacial score (nSPS) is 14.3. The summed E-state index contributed by atoms with van der Waals surface area (Å²) in [6.45, 7) is 3.46. The molecule has 1 heterocycles. The van der Waals surface area contributed by atoms with Crippen LogP contribution in [-0.4, -0.2) is 25.6 Å². The smallest absolute Gasteiger partial charge is 0.0713 e. The Morgan fingerprint density at radius 3 is 2.71 bits per heavy atom. The summed E-state index contributed by atoms with van der Waals surface area (Å²) in [6, 6.07) is 13.3. The van der Waals surface area contributed by atoms with Gasteiger partial charge in [0.25, 0.3) is 0 Å². The molecule has 0 bridgehead atoms. The van der Waals surface area contributed by atoms with Gasteiger partial charge in [0.2, 0.25) is 0 Å². The molecule has 2 unspecified atom stereocenters. The number of methoxy groups -OCH3 is 1. The van der Waals surface area contributed by atoms with E-state index in [-0.39, 0.29) is 6.04 Å². The molecule has 2 N–H and O–H groups in total. The molecule has 0 aliphatic heterocycles. The first kappa shape index (κ1) is 16.2. The standard InChI is InChI=1S/C17H24N2OS/c1-13(17-8-5-9-21-17)19(2)16(11-18)15-7-4-6-14(10-15)12-20-3/h4-10,13,16H,11-12,18H2,1-3H3. The van der Waals surface area contributed by atoms with Gasteiger partial charge in [-0.05, 0) is 36.5 Å². The molecule has 0 saturated heterocycles. The number of thiophene rings is 1. The van der Waals surface area contributed by atoms with Crippen molar-refractivity contribution in [1.82, 2.24) is 4.90 Å². The Balaban J connectivity index is 2.20. The van der Waals surface area contributed by atoms with Gasteiger partial charge in [-0.2, -0.15) is 0 Å². The number of likely N-dealkylation sites (N-methyl/N-ethyl adjacent to an activating group) is 1. The van der Waals surface area contributed by atoms with Crippen molar-refractivity contribution in [2.45, 2.75) is 25.6 Å². The molecule has 3 nitrogen and oxygen atoms in total. The molecule has 4 heteroatoms. The third kappa shape index (κ3) is 3.92. The lowest BCUT2D eigenvalue weighted by Gasteiger charge is -2.32. The van der Waals surface area contributed by atoms with Crippen LogP contribution in [0.2, 0.25) is 0 Å². The van der Waals surface area contributed by atoms with Crippen molar-refractivity contribution in [3.63, 3.8) is 0 Å². The highest BCUT2D eigenvalue weighted by Crippen LogP contribution is 2.30. The minimum absolute atomic E-state index is 0.207. The van der Waals surface area contributed by atoms with Crippen LogP contribution in [0.4, 0.5) is 0 Å². The monoisotopic (exact) mass is 304 g/mol. The summed E-state index contributed by atoms with van der Waals surface area (Å²) in [4.78, 5) is 3.71. The predicted molar refractivity (Wildman–Crippen MR) is 89.4 cm³/mol. The van der Waals surface area contributed by atoms with E-state index in [1.165, 1.54) is 16.0 Å². The lowest BCUT2D eigenvalue weighted by molar-refractivity contribution is 0.182. The molecule has 114 valence electrons. The molecule has 0 radical (unpaired) electrons. The lowest BCUT2D eigenvalue weighted by Crippen LogP contribution is -2.32. The minimum atomic E-state index is 0.207. The second kappa shape index (κ2) is 7.71. The fraction of sp³-hybridized carbons (Fsp3) is 0.412. The molecule has 2 rings (SSSR count). The number of ether oxygens (including phenoxy) is 1. The van der Waals surface area contributed by atoms with Crippen LogP contribution in [-0.2, 0) is 11.3 Å². The Kier molecular flexibility index (Phi) is 5.94. The molecular formula is C17H24N2OS. The van der Waals surface area contributed by atoms with Crippen molar-refractivity contribution in [2.24, 2.45) is 5.73 Å². The summed E-state index contributed by atoms with van der Waals surface area (Å²) >= 11 is 1.79. The van der Waals surface area contributed by atoms with Gasteiger partial charge in [0.1, 0.15) is 0 Å². The topological polar surface area (TPSA) is 38.5 Å². The average Bonchev–Trinajstić information content (AvgIpc) is 3.02. The maximum Gasteiger partial charge on any atom is 0.0713 e. The Labute approximate surface area is 131 Å². The van der Waals surface area contributed by atoms with Crippen molar-refractivity contribution in [1.29, 1.82) is 0 Å². The molecule has 0 saturated carbocycles. The van der Waals surface area contributed by atoms with Gasteiger partial charge in [0.05, 0.1) is 6.61 Å². The molecule has 2 aromatic rings. The fourth-order valence-corrected chi connectivity index (χ4v) is 3.43. The first-order valence-electron chi connectivity index (χ1n) is 7.20. The summed E-state index contributed by atoms with van der Waals surface area (Å²) in [5.74, 6) is 0. The second-order valence-electron chi connectivity index (χ2n) is 5.29. The highest BCUT2D eigenvalue weighted by molar-refractivity contribution is 7.10. The van der Waals surface area contributed by atoms with Gasteiger partial charge in [-0.3, -0.25) is 4.90 Å². The highest BCUT2D eigenvalue weighted by atomic mass is 32.1. The van der Waals surface area contributed by atoms with Gasteiger partial charge in [0, 0.05) is 30.6 Å². The first-order valence-corrected chi connectivity index (χ1v) is 8.08. The zero-order chi connectivity index (χ0) is 15.2. The molecular weight excluding hydrogens is 280 g/mol. The molecule has 2 atom stereocenters. The van der Waals surface area contributed by atoms with Crippen molar-refractivity contribution in [3.8, 4) is 0 Å². The number of nitrogens with zero attached hydrogens (tertiary/aromatic N) is 1.